The number of carbonyl (C=O) groups is 2. The fraction of sp³-hybridized carbons (Fsp3) is 0.556. The van der Waals surface area contributed by atoms with E-state index in [9.17, 15) is 18.4 Å². The molecule has 0 aliphatic carbocycles. The van der Waals surface area contributed by atoms with Crippen LogP contribution in [0.25, 0.3) is 0 Å². The van der Waals surface area contributed by atoms with Crippen LogP contribution in [0.4, 0.5) is 10.5 Å². The van der Waals surface area contributed by atoms with Gasteiger partial charge in [-0.2, -0.15) is 0 Å². The van der Waals surface area contributed by atoms with Gasteiger partial charge in [0.1, 0.15) is 6.61 Å². The van der Waals surface area contributed by atoms with Gasteiger partial charge in [0, 0.05) is 54.8 Å². The van der Waals surface area contributed by atoms with Crippen molar-refractivity contribution in [3.05, 3.63) is 29.8 Å². The van der Waals surface area contributed by atoms with Gasteiger partial charge in [-0.15, -0.1) is 0 Å². The van der Waals surface area contributed by atoms with E-state index in [1.165, 1.54) is 12.1 Å². The SMILES string of the molecule is C[C@@H]1CN(C(=O)OCC2CCCO2)CCN1C(=O)c1ccc(NS(=O)[O-])cc1. The lowest BCUT2D eigenvalue weighted by Gasteiger charge is -2.39. The molecule has 2 aliphatic rings. The van der Waals surface area contributed by atoms with Crippen molar-refractivity contribution < 1.29 is 27.8 Å². The lowest BCUT2D eigenvalue weighted by Crippen LogP contribution is -2.55. The highest BCUT2D eigenvalue weighted by molar-refractivity contribution is 7.80. The maximum atomic E-state index is 12.8. The molecule has 0 aromatic heterocycles. The van der Waals surface area contributed by atoms with Crippen LogP contribution >= 0.6 is 0 Å². The summed E-state index contributed by atoms with van der Waals surface area (Å²) in [7, 11) is 0. The predicted octanol–water partition coefficient (Wildman–Crippen LogP) is 1.35. The number of anilines is 1. The van der Waals surface area contributed by atoms with Crippen LogP contribution in [0.2, 0.25) is 0 Å². The second kappa shape index (κ2) is 9.35. The lowest BCUT2D eigenvalue weighted by molar-refractivity contribution is 0.0160. The number of hydrogen-bond acceptors (Lipinski definition) is 6. The molecule has 2 unspecified atom stereocenters. The summed E-state index contributed by atoms with van der Waals surface area (Å²) in [5, 5.41) is 0. The van der Waals surface area contributed by atoms with Crippen LogP contribution in [0, 0.1) is 0 Å². The van der Waals surface area contributed by atoms with Crippen LogP contribution in [0.15, 0.2) is 24.3 Å². The molecule has 10 heteroatoms. The number of nitrogens with one attached hydrogen (secondary N) is 1. The molecule has 0 spiro atoms. The number of ether oxygens (including phenoxy) is 2. The molecule has 28 heavy (non-hydrogen) atoms. The van der Waals surface area contributed by atoms with Gasteiger partial charge in [0.15, 0.2) is 0 Å². The van der Waals surface area contributed by atoms with Crippen LogP contribution in [0.3, 0.4) is 0 Å². The molecule has 2 amide bonds. The zero-order valence-electron chi connectivity index (χ0n) is 15.7. The van der Waals surface area contributed by atoms with E-state index < -0.39 is 11.3 Å². The van der Waals surface area contributed by atoms with Gasteiger partial charge in [0.25, 0.3) is 5.91 Å². The molecule has 0 radical (unpaired) electrons. The van der Waals surface area contributed by atoms with Gasteiger partial charge < -0.3 is 28.5 Å². The molecule has 1 N–H and O–H groups in total. The molecular weight excluding hydrogens is 386 g/mol. The molecule has 0 bridgehead atoms. The smallest absolute Gasteiger partial charge is 0.409 e. The van der Waals surface area contributed by atoms with Gasteiger partial charge >= 0.3 is 6.09 Å². The fourth-order valence-electron chi connectivity index (χ4n) is 3.40. The first-order valence-corrected chi connectivity index (χ1v) is 10.3. The Labute approximate surface area is 166 Å². The average Bonchev–Trinajstić information content (AvgIpc) is 3.19. The minimum absolute atomic E-state index is 0.0132. The summed E-state index contributed by atoms with van der Waals surface area (Å²) in [6.45, 7) is 4.06. The molecule has 2 saturated heterocycles. The quantitative estimate of drug-likeness (QED) is 0.734. The summed E-state index contributed by atoms with van der Waals surface area (Å²) >= 11 is -2.41. The highest BCUT2D eigenvalue weighted by Crippen LogP contribution is 2.18. The number of hydrogen-bond donors (Lipinski definition) is 1. The van der Waals surface area contributed by atoms with Crippen molar-refractivity contribution >= 4 is 29.0 Å². The number of amides is 2. The van der Waals surface area contributed by atoms with E-state index in [1.807, 2.05) is 6.92 Å². The third-order valence-electron chi connectivity index (χ3n) is 4.90. The van der Waals surface area contributed by atoms with Crippen molar-refractivity contribution in [2.45, 2.75) is 31.9 Å². The first-order valence-electron chi connectivity index (χ1n) is 9.24. The number of carbonyl (C=O) groups excluding carboxylic acids is 2. The minimum Gasteiger partial charge on any atom is -0.755 e. The number of benzene rings is 1. The Morgan fingerprint density at radius 3 is 2.68 bits per heavy atom. The molecule has 3 atom stereocenters. The van der Waals surface area contributed by atoms with Gasteiger partial charge in [-0.25, -0.2) is 4.79 Å². The van der Waals surface area contributed by atoms with Crippen molar-refractivity contribution in [2.24, 2.45) is 0 Å². The lowest BCUT2D eigenvalue weighted by atomic mass is 10.1. The molecule has 0 saturated carbocycles. The van der Waals surface area contributed by atoms with Crippen LogP contribution in [0.1, 0.15) is 30.1 Å². The monoisotopic (exact) mass is 410 g/mol. The zero-order valence-corrected chi connectivity index (χ0v) is 16.5. The molecule has 9 nitrogen and oxygen atoms in total. The Morgan fingerprint density at radius 1 is 1.32 bits per heavy atom. The largest absolute Gasteiger partial charge is 0.755 e. The van der Waals surface area contributed by atoms with E-state index >= 15 is 0 Å². The van der Waals surface area contributed by atoms with E-state index in [1.54, 1.807) is 21.9 Å². The van der Waals surface area contributed by atoms with Gasteiger partial charge in [-0.1, -0.05) is 0 Å². The van der Waals surface area contributed by atoms with Gasteiger partial charge in [0.2, 0.25) is 0 Å². The summed E-state index contributed by atoms with van der Waals surface area (Å²) in [5.74, 6) is -0.158. The van der Waals surface area contributed by atoms with Crippen molar-refractivity contribution in [3.63, 3.8) is 0 Å². The van der Waals surface area contributed by atoms with Crippen LogP contribution in [-0.4, -0.2) is 75.6 Å². The van der Waals surface area contributed by atoms with Crippen LogP contribution < -0.4 is 4.72 Å². The highest BCUT2D eigenvalue weighted by Gasteiger charge is 2.31. The first-order chi connectivity index (χ1) is 13.4. The van der Waals surface area contributed by atoms with E-state index in [0.717, 1.165) is 12.8 Å². The molecule has 1 aromatic rings. The fourth-order valence-corrected chi connectivity index (χ4v) is 3.73. The van der Waals surface area contributed by atoms with Crippen molar-refractivity contribution in [1.29, 1.82) is 0 Å². The molecule has 2 fully saturated rings. The second-order valence-electron chi connectivity index (χ2n) is 6.92. The topological polar surface area (TPSA) is 111 Å². The number of nitrogens with zero attached hydrogens (tertiary/aromatic N) is 2. The molecule has 1 aromatic carbocycles. The van der Waals surface area contributed by atoms with Crippen LogP contribution in [-0.2, 0) is 20.7 Å². The minimum atomic E-state index is -2.41. The Kier molecular flexibility index (Phi) is 6.87. The summed E-state index contributed by atoms with van der Waals surface area (Å²) in [6.07, 6.45) is 1.51. The molecular formula is C18H24N3O6S-. The van der Waals surface area contributed by atoms with Gasteiger partial charge in [0.05, 0.1) is 6.10 Å². The summed E-state index contributed by atoms with van der Waals surface area (Å²) in [4.78, 5) is 28.3. The van der Waals surface area contributed by atoms with E-state index in [4.69, 9.17) is 9.47 Å². The molecule has 154 valence electrons. The molecule has 2 heterocycles. The van der Waals surface area contributed by atoms with Crippen LogP contribution in [0.5, 0.6) is 0 Å². The van der Waals surface area contributed by atoms with Gasteiger partial charge in [-0.3, -0.25) is 9.00 Å². The zero-order chi connectivity index (χ0) is 20.1. The van der Waals surface area contributed by atoms with E-state index in [0.29, 0.717) is 37.5 Å². The summed E-state index contributed by atoms with van der Waals surface area (Å²) < 4.78 is 34.3. The van der Waals surface area contributed by atoms with Gasteiger partial charge in [-0.05, 0) is 44.0 Å². The molecule has 2 aliphatic heterocycles. The Balaban J connectivity index is 1.51. The first kappa shape index (κ1) is 20.6. The van der Waals surface area contributed by atoms with Crippen molar-refractivity contribution in [3.8, 4) is 0 Å². The summed E-state index contributed by atoms with van der Waals surface area (Å²) in [6, 6.07) is 6.06. The summed E-state index contributed by atoms with van der Waals surface area (Å²) in [5.41, 5.74) is 0.847. The highest BCUT2D eigenvalue weighted by atomic mass is 32.2. The Morgan fingerprint density at radius 2 is 2.07 bits per heavy atom. The Hall–Kier alpha value is -2.17. The van der Waals surface area contributed by atoms with E-state index in [-0.39, 0.29) is 30.8 Å². The normalized spacial score (nSPS) is 23.4. The number of rotatable bonds is 5. The average molecular weight is 410 g/mol. The maximum Gasteiger partial charge on any atom is 0.409 e. The maximum absolute atomic E-state index is 12.8. The number of piperazine rings is 1. The Bertz CT molecular complexity index is 723. The second-order valence-corrected chi connectivity index (χ2v) is 7.59. The van der Waals surface area contributed by atoms with E-state index in [2.05, 4.69) is 4.72 Å². The third kappa shape index (κ3) is 5.21. The third-order valence-corrected chi connectivity index (χ3v) is 5.30. The standard InChI is InChI=1S/C18H25N3O6S/c1-13-11-20(18(23)27-12-16-3-2-10-26-16)8-9-21(13)17(22)14-4-6-15(7-5-14)19-28(24)25/h4-7,13,16,19H,2-3,8-12H2,1H3,(H,24,25)/p-1/t13-,16?/m1/s1. The predicted molar refractivity (Wildman–Crippen MR) is 101 cm³/mol. The molecule has 3 rings (SSSR count). The van der Waals surface area contributed by atoms with Crippen molar-refractivity contribution in [2.75, 3.05) is 37.6 Å². The van der Waals surface area contributed by atoms with Crippen molar-refractivity contribution in [1.82, 2.24) is 9.80 Å².